The van der Waals surface area contributed by atoms with Crippen molar-refractivity contribution in [1.82, 2.24) is 34.8 Å². The highest BCUT2D eigenvalue weighted by Gasteiger charge is 2.27. The predicted octanol–water partition coefficient (Wildman–Crippen LogP) is 2.22. The largest absolute Gasteiger partial charge is 0.312 e. The number of nitrogens with zero attached hydrogens (tertiary/aromatic N) is 6. The van der Waals surface area contributed by atoms with E-state index in [-0.39, 0.29) is 0 Å². The highest BCUT2D eigenvalue weighted by molar-refractivity contribution is 7.15. The molecule has 0 aromatic carbocycles. The van der Waals surface area contributed by atoms with Gasteiger partial charge in [-0.3, -0.25) is 9.58 Å². The number of hydrogen-bond acceptors (Lipinski definition) is 6. The average molecular weight is 384 g/mol. The molecule has 0 saturated carbocycles. The first-order chi connectivity index (χ1) is 13.3. The van der Waals surface area contributed by atoms with Crippen LogP contribution in [0.25, 0.3) is 10.4 Å². The summed E-state index contributed by atoms with van der Waals surface area (Å²) in [7, 11) is 1.96. The number of aromatic nitrogens is 5. The topological polar surface area (TPSA) is 63.8 Å². The summed E-state index contributed by atoms with van der Waals surface area (Å²) >= 11 is 1.88. The number of hydrogen-bond donors (Lipinski definition) is 1. The minimum absolute atomic E-state index is 0.551. The summed E-state index contributed by atoms with van der Waals surface area (Å²) in [6.45, 7) is 6.18. The normalized spacial score (nSPS) is 18.7. The Morgan fingerprint density at radius 3 is 2.89 bits per heavy atom. The fourth-order valence-corrected chi connectivity index (χ4v) is 5.18. The van der Waals surface area contributed by atoms with E-state index in [1.165, 1.54) is 34.0 Å². The number of aryl methyl sites for hydroxylation is 1. The number of nitrogens with one attached hydrogen (secondary N) is 1. The highest BCUT2D eigenvalue weighted by atomic mass is 32.1. The maximum Gasteiger partial charge on any atom is 0.147 e. The van der Waals surface area contributed by atoms with Crippen LogP contribution in [-0.4, -0.2) is 49.1 Å². The van der Waals surface area contributed by atoms with E-state index in [2.05, 4.69) is 48.4 Å². The van der Waals surface area contributed by atoms with Gasteiger partial charge in [-0.1, -0.05) is 0 Å². The Labute approximate surface area is 163 Å². The number of piperidine rings is 1. The Morgan fingerprint density at radius 1 is 1.19 bits per heavy atom. The lowest BCUT2D eigenvalue weighted by atomic mass is 9.95. The van der Waals surface area contributed by atoms with Crippen molar-refractivity contribution in [3.05, 3.63) is 41.1 Å². The molecule has 0 amide bonds. The molecular formula is C19H25N7S. The van der Waals surface area contributed by atoms with E-state index in [1.54, 1.807) is 0 Å². The van der Waals surface area contributed by atoms with Gasteiger partial charge in [-0.2, -0.15) is 5.10 Å². The van der Waals surface area contributed by atoms with Crippen molar-refractivity contribution in [1.29, 1.82) is 0 Å². The van der Waals surface area contributed by atoms with Gasteiger partial charge in [0.2, 0.25) is 0 Å². The SMILES string of the molecule is Cn1cc(-c2ccc(CN3CCC(c4nnc5n4CCNC5)CC3)s2)cn1. The van der Waals surface area contributed by atoms with Crippen LogP contribution in [0.1, 0.15) is 35.3 Å². The molecule has 0 bridgehead atoms. The second kappa shape index (κ2) is 7.18. The minimum Gasteiger partial charge on any atom is -0.312 e. The monoisotopic (exact) mass is 383 g/mol. The number of thiophene rings is 1. The summed E-state index contributed by atoms with van der Waals surface area (Å²) in [6, 6.07) is 4.49. The fourth-order valence-electron chi connectivity index (χ4n) is 4.15. The standard InChI is InChI=1S/C19H25N7S/c1-24-12-15(10-21-24)17-3-2-16(27-17)13-25-7-4-14(5-8-25)19-23-22-18-11-20-6-9-26(18)19/h2-3,10,12,14,20H,4-9,11,13H2,1H3. The van der Waals surface area contributed by atoms with Gasteiger partial charge in [-0.05, 0) is 38.1 Å². The summed E-state index contributed by atoms with van der Waals surface area (Å²) in [5.74, 6) is 2.86. The number of rotatable bonds is 4. The molecule has 1 fully saturated rings. The molecule has 7 nitrogen and oxygen atoms in total. The van der Waals surface area contributed by atoms with Gasteiger partial charge in [0.15, 0.2) is 0 Å². The lowest BCUT2D eigenvalue weighted by Gasteiger charge is -2.31. The van der Waals surface area contributed by atoms with Crippen LogP contribution in [0.4, 0.5) is 0 Å². The van der Waals surface area contributed by atoms with E-state index in [9.17, 15) is 0 Å². The van der Waals surface area contributed by atoms with Crippen molar-refractivity contribution in [3.8, 4) is 10.4 Å². The molecule has 1 saturated heterocycles. The van der Waals surface area contributed by atoms with Crippen molar-refractivity contribution >= 4 is 11.3 Å². The second-order valence-electron chi connectivity index (χ2n) is 7.52. The minimum atomic E-state index is 0.551. The Hall–Kier alpha value is -2.03. The molecule has 1 N–H and O–H groups in total. The Balaban J connectivity index is 1.20. The summed E-state index contributed by atoms with van der Waals surface area (Å²) in [5, 5.41) is 16.5. The third-order valence-corrected chi connectivity index (χ3v) is 6.75. The van der Waals surface area contributed by atoms with Crippen molar-refractivity contribution in [2.75, 3.05) is 19.6 Å². The molecule has 0 atom stereocenters. The van der Waals surface area contributed by atoms with Gasteiger partial charge in [0.05, 0.1) is 12.7 Å². The van der Waals surface area contributed by atoms with Gasteiger partial charge >= 0.3 is 0 Å². The molecule has 8 heteroatoms. The van der Waals surface area contributed by atoms with E-state index in [0.29, 0.717) is 5.92 Å². The van der Waals surface area contributed by atoms with Gasteiger partial charge < -0.3 is 9.88 Å². The molecule has 3 aromatic heterocycles. The molecule has 27 heavy (non-hydrogen) atoms. The predicted molar refractivity (Wildman–Crippen MR) is 106 cm³/mol. The molecule has 0 radical (unpaired) electrons. The number of fused-ring (bicyclic) bond motifs is 1. The van der Waals surface area contributed by atoms with E-state index >= 15 is 0 Å². The van der Waals surface area contributed by atoms with Crippen LogP contribution in [0.5, 0.6) is 0 Å². The van der Waals surface area contributed by atoms with Crippen molar-refractivity contribution in [2.45, 2.75) is 38.4 Å². The maximum absolute atomic E-state index is 4.52. The number of likely N-dealkylation sites (tertiary alicyclic amines) is 1. The van der Waals surface area contributed by atoms with Gasteiger partial charge in [0.1, 0.15) is 11.6 Å². The van der Waals surface area contributed by atoms with E-state index in [0.717, 1.165) is 45.1 Å². The molecular weight excluding hydrogens is 358 g/mol. The zero-order valence-corrected chi connectivity index (χ0v) is 16.5. The van der Waals surface area contributed by atoms with Crippen LogP contribution in [0.3, 0.4) is 0 Å². The van der Waals surface area contributed by atoms with Crippen LogP contribution in [-0.2, 0) is 26.7 Å². The van der Waals surface area contributed by atoms with Crippen molar-refractivity contribution in [2.24, 2.45) is 7.05 Å². The van der Waals surface area contributed by atoms with E-state index in [4.69, 9.17) is 0 Å². The smallest absolute Gasteiger partial charge is 0.147 e. The van der Waals surface area contributed by atoms with Crippen LogP contribution >= 0.6 is 11.3 Å². The van der Waals surface area contributed by atoms with Crippen LogP contribution in [0.15, 0.2) is 24.5 Å². The average Bonchev–Trinajstić information content (AvgIpc) is 3.42. The van der Waals surface area contributed by atoms with Crippen molar-refractivity contribution in [3.63, 3.8) is 0 Å². The first-order valence-electron chi connectivity index (χ1n) is 9.69. The molecule has 5 heterocycles. The van der Waals surface area contributed by atoms with Crippen LogP contribution in [0, 0.1) is 0 Å². The Kier molecular flexibility index (Phi) is 4.55. The van der Waals surface area contributed by atoms with Gasteiger partial charge in [-0.25, -0.2) is 0 Å². The molecule has 3 aromatic rings. The first kappa shape index (κ1) is 17.1. The molecule has 5 rings (SSSR count). The van der Waals surface area contributed by atoms with Crippen LogP contribution < -0.4 is 5.32 Å². The molecule has 0 aliphatic carbocycles. The lowest BCUT2D eigenvalue weighted by molar-refractivity contribution is 0.201. The second-order valence-corrected chi connectivity index (χ2v) is 8.69. The maximum atomic E-state index is 4.52. The van der Waals surface area contributed by atoms with Crippen molar-refractivity contribution < 1.29 is 0 Å². The van der Waals surface area contributed by atoms with Gasteiger partial charge in [0, 0.05) is 54.1 Å². The Bertz CT molecular complexity index is 916. The summed E-state index contributed by atoms with van der Waals surface area (Å²) in [6.07, 6.45) is 6.37. The fraction of sp³-hybridized carbons (Fsp3) is 0.526. The Morgan fingerprint density at radius 2 is 2.07 bits per heavy atom. The third-order valence-electron chi connectivity index (χ3n) is 5.63. The zero-order chi connectivity index (χ0) is 18.2. The summed E-state index contributed by atoms with van der Waals surface area (Å²) in [4.78, 5) is 5.31. The zero-order valence-electron chi connectivity index (χ0n) is 15.6. The van der Waals surface area contributed by atoms with Crippen LogP contribution in [0.2, 0.25) is 0 Å². The lowest BCUT2D eigenvalue weighted by Crippen LogP contribution is -2.34. The highest BCUT2D eigenvalue weighted by Crippen LogP contribution is 2.31. The van der Waals surface area contributed by atoms with Gasteiger partial charge in [-0.15, -0.1) is 21.5 Å². The third kappa shape index (κ3) is 3.44. The summed E-state index contributed by atoms with van der Waals surface area (Å²) in [5.41, 5.74) is 1.21. The van der Waals surface area contributed by atoms with E-state index < -0.39 is 0 Å². The molecule has 2 aliphatic rings. The first-order valence-corrected chi connectivity index (χ1v) is 10.5. The quantitative estimate of drug-likeness (QED) is 0.748. The van der Waals surface area contributed by atoms with Gasteiger partial charge in [0.25, 0.3) is 0 Å². The molecule has 2 aliphatic heterocycles. The summed E-state index contributed by atoms with van der Waals surface area (Å²) < 4.78 is 4.20. The molecule has 0 spiro atoms. The molecule has 142 valence electrons. The molecule has 0 unspecified atom stereocenters. The van der Waals surface area contributed by atoms with E-state index in [1.807, 2.05) is 29.3 Å².